The smallest absolute Gasteiger partial charge is 0.235 e. The van der Waals surface area contributed by atoms with Crippen molar-refractivity contribution >= 4 is 6.08 Å². The first-order chi connectivity index (χ1) is 9.66. The van der Waals surface area contributed by atoms with Crippen LogP contribution in [0, 0.1) is 0 Å². The van der Waals surface area contributed by atoms with Crippen molar-refractivity contribution in [3.05, 3.63) is 23.3 Å². The number of nitrogens with zero attached hydrogens (tertiary/aromatic N) is 1. The van der Waals surface area contributed by atoms with E-state index in [0.717, 1.165) is 24.8 Å². The predicted octanol–water partition coefficient (Wildman–Crippen LogP) is 3.20. The molecule has 1 heterocycles. The van der Waals surface area contributed by atoms with Crippen LogP contribution in [0.5, 0.6) is 11.5 Å². The van der Waals surface area contributed by atoms with Gasteiger partial charge in [0, 0.05) is 5.56 Å². The SMILES string of the molecule is CC(F)c1cc2c(c(C3(N=C=O)CCC3)c1)OCCO2. The van der Waals surface area contributed by atoms with Gasteiger partial charge in [-0.3, -0.25) is 0 Å². The second-order valence-electron chi connectivity index (χ2n) is 5.30. The summed E-state index contributed by atoms with van der Waals surface area (Å²) in [5, 5.41) is 0. The number of aliphatic imine (C=N–C) groups is 1. The van der Waals surface area contributed by atoms with E-state index in [0.29, 0.717) is 30.3 Å². The van der Waals surface area contributed by atoms with Gasteiger partial charge in [-0.15, -0.1) is 0 Å². The number of halogens is 1. The van der Waals surface area contributed by atoms with Crippen LogP contribution in [-0.2, 0) is 10.3 Å². The summed E-state index contributed by atoms with van der Waals surface area (Å²) in [7, 11) is 0. The number of hydrogen-bond acceptors (Lipinski definition) is 4. The molecule has 2 aliphatic rings. The van der Waals surface area contributed by atoms with Crippen molar-refractivity contribution in [1.82, 2.24) is 0 Å². The van der Waals surface area contributed by atoms with Crippen LogP contribution in [-0.4, -0.2) is 19.3 Å². The highest BCUT2D eigenvalue weighted by Crippen LogP contribution is 2.52. The van der Waals surface area contributed by atoms with Crippen molar-refractivity contribution in [3.63, 3.8) is 0 Å². The Kier molecular flexibility index (Phi) is 3.22. The molecule has 1 fully saturated rings. The molecule has 0 radical (unpaired) electrons. The van der Waals surface area contributed by atoms with Crippen LogP contribution in [0.25, 0.3) is 0 Å². The Morgan fingerprint density at radius 3 is 2.70 bits per heavy atom. The largest absolute Gasteiger partial charge is 0.486 e. The third-order valence-corrected chi connectivity index (χ3v) is 4.07. The fraction of sp³-hybridized carbons (Fsp3) is 0.533. The number of alkyl halides is 1. The van der Waals surface area contributed by atoms with Gasteiger partial charge in [-0.25, -0.2) is 9.18 Å². The Morgan fingerprint density at radius 2 is 2.10 bits per heavy atom. The zero-order valence-corrected chi connectivity index (χ0v) is 11.3. The van der Waals surface area contributed by atoms with E-state index in [9.17, 15) is 9.18 Å². The van der Waals surface area contributed by atoms with Crippen molar-refractivity contribution in [2.45, 2.75) is 37.9 Å². The molecular weight excluding hydrogens is 261 g/mol. The number of ether oxygens (including phenoxy) is 2. The van der Waals surface area contributed by atoms with Gasteiger partial charge in [0.2, 0.25) is 6.08 Å². The van der Waals surface area contributed by atoms with Crippen LogP contribution in [0.3, 0.4) is 0 Å². The molecule has 1 aliphatic carbocycles. The standard InChI is InChI=1S/C15H16FNO3/c1-10(16)11-7-12(15(17-9-18)3-2-4-15)14-13(8-11)19-5-6-20-14/h7-8,10H,2-6H2,1H3. The molecule has 1 atom stereocenters. The highest BCUT2D eigenvalue weighted by molar-refractivity contribution is 5.55. The van der Waals surface area contributed by atoms with Gasteiger partial charge in [0.25, 0.3) is 0 Å². The summed E-state index contributed by atoms with van der Waals surface area (Å²) in [6.07, 6.45) is 3.03. The summed E-state index contributed by atoms with van der Waals surface area (Å²) < 4.78 is 24.9. The van der Waals surface area contributed by atoms with Crippen LogP contribution >= 0.6 is 0 Å². The molecule has 0 amide bonds. The predicted molar refractivity (Wildman–Crippen MR) is 70.6 cm³/mol. The van der Waals surface area contributed by atoms with Crippen LogP contribution in [0.4, 0.5) is 4.39 Å². The number of fused-ring (bicyclic) bond motifs is 1. The van der Waals surface area contributed by atoms with E-state index in [1.54, 1.807) is 18.2 Å². The maximum atomic E-state index is 13.7. The quantitative estimate of drug-likeness (QED) is 0.629. The molecule has 5 heteroatoms. The van der Waals surface area contributed by atoms with E-state index in [4.69, 9.17) is 9.47 Å². The Labute approximate surface area is 116 Å². The first-order valence-corrected chi connectivity index (χ1v) is 6.83. The second-order valence-corrected chi connectivity index (χ2v) is 5.30. The van der Waals surface area contributed by atoms with Crippen LogP contribution in [0.1, 0.15) is 43.5 Å². The summed E-state index contributed by atoms with van der Waals surface area (Å²) in [6, 6.07) is 3.41. The Bertz CT molecular complexity index is 575. The van der Waals surface area contributed by atoms with E-state index in [1.807, 2.05) is 0 Å². The third kappa shape index (κ3) is 1.98. The molecule has 1 aliphatic heterocycles. The minimum atomic E-state index is -1.11. The van der Waals surface area contributed by atoms with Gasteiger partial charge in [0.05, 0.1) is 0 Å². The van der Waals surface area contributed by atoms with Gasteiger partial charge in [-0.2, -0.15) is 4.99 Å². The first kappa shape index (κ1) is 13.1. The first-order valence-electron chi connectivity index (χ1n) is 6.83. The van der Waals surface area contributed by atoms with Crippen molar-refractivity contribution in [2.75, 3.05) is 13.2 Å². The van der Waals surface area contributed by atoms with Crippen LogP contribution in [0.2, 0.25) is 0 Å². The average molecular weight is 277 g/mol. The molecule has 0 N–H and O–H groups in total. The van der Waals surface area contributed by atoms with Gasteiger partial charge >= 0.3 is 0 Å². The summed E-state index contributed by atoms with van der Waals surface area (Å²) in [4.78, 5) is 14.7. The topological polar surface area (TPSA) is 47.9 Å². The molecule has 1 aromatic carbocycles. The lowest BCUT2D eigenvalue weighted by molar-refractivity contribution is 0.159. The fourth-order valence-electron chi connectivity index (χ4n) is 2.79. The van der Waals surface area contributed by atoms with E-state index >= 15 is 0 Å². The normalized spacial score (nSPS) is 20.5. The maximum absolute atomic E-state index is 13.7. The lowest BCUT2D eigenvalue weighted by atomic mass is 9.71. The Morgan fingerprint density at radius 1 is 1.35 bits per heavy atom. The summed E-state index contributed by atoms with van der Waals surface area (Å²) in [5.74, 6) is 1.14. The van der Waals surface area contributed by atoms with E-state index in [-0.39, 0.29) is 0 Å². The molecule has 4 nitrogen and oxygen atoms in total. The molecule has 0 bridgehead atoms. The Hall–Kier alpha value is -1.87. The number of isocyanates is 1. The lowest BCUT2D eigenvalue weighted by Crippen LogP contribution is -2.33. The van der Waals surface area contributed by atoms with Gasteiger partial charge < -0.3 is 9.47 Å². The molecular formula is C15H16FNO3. The molecule has 0 aromatic heterocycles. The number of rotatable bonds is 3. The van der Waals surface area contributed by atoms with Crippen molar-refractivity contribution in [2.24, 2.45) is 4.99 Å². The highest BCUT2D eigenvalue weighted by atomic mass is 19.1. The van der Waals surface area contributed by atoms with Crippen LogP contribution in [0.15, 0.2) is 17.1 Å². The molecule has 1 aromatic rings. The molecule has 20 heavy (non-hydrogen) atoms. The third-order valence-electron chi connectivity index (χ3n) is 4.07. The summed E-state index contributed by atoms with van der Waals surface area (Å²) >= 11 is 0. The molecule has 3 rings (SSSR count). The number of benzene rings is 1. The maximum Gasteiger partial charge on any atom is 0.235 e. The summed E-state index contributed by atoms with van der Waals surface area (Å²) in [5.41, 5.74) is 0.665. The second kappa shape index (κ2) is 4.91. The van der Waals surface area contributed by atoms with Gasteiger partial charge in [0.1, 0.15) is 24.9 Å². The minimum absolute atomic E-state index is 0.445. The lowest BCUT2D eigenvalue weighted by Gasteiger charge is -2.39. The van der Waals surface area contributed by atoms with Gasteiger partial charge in [-0.05, 0) is 43.9 Å². The van der Waals surface area contributed by atoms with E-state index < -0.39 is 11.7 Å². The summed E-state index contributed by atoms with van der Waals surface area (Å²) in [6.45, 7) is 2.37. The number of carbonyl (C=O) groups excluding carboxylic acids is 1. The highest BCUT2D eigenvalue weighted by Gasteiger charge is 2.43. The van der Waals surface area contributed by atoms with E-state index in [2.05, 4.69) is 4.99 Å². The van der Waals surface area contributed by atoms with Crippen molar-refractivity contribution < 1.29 is 18.7 Å². The average Bonchev–Trinajstić information content (AvgIpc) is 2.41. The fourth-order valence-corrected chi connectivity index (χ4v) is 2.79. The van der Waals surface area contributed by atoms with Crippen molar-refractivity contribution in [3.8, 4) is 11.5 Å². The molecule has 1 unspecified atom stereocenters. The molecule has 106 valence electrons. The van der Waals surface area contributed by atoms with Gasteiger partial charge in [-0.1, -0.05) is 0 Å². The number of hydrogen-bond donors (Lipinski definition) is 0. The van der Waals surface area contributed by atoms with Crippen molar-refractivity contribution in [1.29, 1.82) is 0 Å². The zero-order chi connectivity index (χ0) is 14.2. The Balaban J connectivity index is 2.17. The molecule has 0 saturated heterocycles. The zero-order valence-electron chi connectivity index (χ0n) is 11.3. The minimum Gasteiger partial charge on any atom is -0.486 e. The monoisotopic (exact) mass is 277 g/mol. The molecule has 0 spiro atoms. The molecule has 1 saturated carbocycles. The van der Waals surface area contributed by atoms with E-state index in [1.165, 1.54) is 6.92 Å². The van der Waals surface area contributed by atoms with Gasteiger partial charge in [0.15, 0.2) is 11.5 Å². The van der Waals surface area contributed by atoms with Crippen LogP contribution < -0.4 is 9.47 Å².